The molecule has 3 aromatic heterocycles. The second kappa shape index (κ2) is 7.47. The van der Waals surface area contributed by atoms with E-state index < -0.39 is 29.1 Å². The fraction of sp³-hybridized carbons (Fsp3) is 0.300. The molecule has 0 amide bonds. The summed E-state index contributed by atoms with van der Waals surface area (Å²) in [6, 6.07) is 1.67. The monoisotopic (exact) mass is 399 g/mol. The van der Waals surface area contributed by atoms with E-state index in [0.29, 0.717) is 16.6 Å². The van der Waals surface area contributed by atoms with Gasteiger partial charge in [0.25, 0.3) is 0 Å². The van der Waals surface area contributed by atoms with Gasteiger partial charge in [-0.2, -0.15) is 0 Å². The van der Waals surface area contributed by atoms with Gasteiger partial charge in [0.05, 0.1) is 24.9 Å². The Kier molecular flexibility index (Phi) is 5.20. The Morgan fingerprint density at radius 1 is 1.38 bits per heavy atom. The number of carbonyl (C=O) groups is 1. The lowest BCUT2D eigenvalue weighted by Gasteiger charge is -2.31. The molecule has 3 N–H and O–H groups in total. The first-order valence-corrected chi connectivity index (χ1v) is 8.79. The number of anilines is 1. The van der Waals surface area contributed by atoms with Gasteiger partial charge in [0.1, 0.15) is 11.5 Å². The van der Waals surface area contributed by atoms with Crippen molar-refractivity contribution in [2.45, 2.75) is 33.2 Å². The number of carboxylic acids is 1. The maximum Gasteiger partial charge on any atom is 0.305 e. The van der Waals surface area contributed by atoms with E-state index in [1.165, 1.54) is 12.3 Å². The molecule has 7 nitrogen and oxygen atoms in total. The number of hydrogen-bond donors (Lipinski definition) is 3. The van der Waals surface area contributed by atoms with Crippen molar-refractivity contribution in [1.29, 1.82) is 0 Å². The van der Waals surface area contributed by atoms with E-state index in [-0.39, 0.29) is 23.6 Å². The van der Waals surface area contributed by atoms with Gasteiger partial charge in [-0.3, -0.25) is 4.79 Å². The lowest BCUT2D eigenvalue weighted by Crippen LogP contribution is -2.36. The number of halogens is 2. The fourth-order valence-electron chi connectivity index (χ4n) is 2.95. The summed E-state index contributed by atoms with van der Waals surface area (Å²) in [7, 11) is 0. The summed E-state index contributed by atoms with van der Waals surface area (Å²) in [6.07, 6.45) is 2.34. The summed E-state index contributed by atoms with van der Waals surface area (Å²) in [5.41, 5.74) is 0.385. The summed E-state index contributed by atoms with van der Waals surface area (Å²) in [6.45, 7) is 12.8. The van der Waals surface area contributed by atoms with Crippen LogP contribution in [0.15, 0.2) is 24.5 Å². The summed E-state index contributed by atoms with van der Waals surface area (Å²) in [5, 5.41) is 12.4. The van der Waals surface area contributed by atoms with Crippen molar-refractivity contribution >= 4 is 28.5 Å². The van der Waals surface area contributed by atoms with Crippen LogP contribution in [0.1, 0.15) is 27.2 Å². The molecule has 0 aliphatic carbocycles. The Balaban J connectivity index is 2.13. The van der Waals surface area contributed by atoms with Crippen LogP contribution in [0.5, 0.6) is 0 Å². The Bertz CT molecular complexity index is 1130. The summed E-state index contributed by atoms with van der Waals surface area (Å²) in [4.78, 5) is 25.6. The van der Waals surface area contributed by atoms with Crippen LogP contribution in [0.25, 0.3) is 27.1 Å². The molecule has 0 saturated carbocycles. The third kappa shape index (κ3) is 4.16. The zero-order chi connectivity index (χ0) is 21.3. The molecular formula is C20H19F2N5O2. The van der Waals surface area contributed by atoms with Crippen molar-refractivity contribution in [3.63, 3.8) is 0 Å². The quantitative estimate of drug-likeness (QED) is 0.538. The van der Waals surface area contributed by atoms with Crippen molar-refractivity contribution in [2.75, 3.05) is 5.32 Å². The van der Waals surface area contributed by atoms with Crippen LogP contribution in [0.4, 0.5) is 20.3 Å². The molecule has 150 valence electrons. The van der Waals surface area contributed by atoms with Gasteiger partial charge in [-0.25, -0.2) is 23.6 Å². The van der Waals surface area contributed by atoms with Gasteiger partial charge in [0, 0.05) is 23.2 Å². The molecule has 0 fully saturated rings. The lowest BCUT2D eigenvalue weighted by molar-refractivity contribution is -0.137. The van der Waals surface area contributed by atoms with E-state index in [1.54, 1.807) is 0 Å². The zero-order valence-corrected chi connectivity index (χ0v) is 16.0. The molecule has 29 heavy (non-hydrogen) atoms. The highest BCUT2D eigenvalue weighted by molar-refractivity contribution is 5.96. The highest BCUT2D eigenvalue weighted by atomic mass is 19.1. The number of nitrogens with one attached hydrogen (secondary N) is 2. The van der Waals surface area contributed by atoms with Crippen molar-refractivity contribution in [3.05, 3.63) is 47.6 Å². The van der Waals surface area contributed by atoms with Crippen LogP contribution in [0, 0.1) is 23.6 Å². The molecule has 3 rings (SSSR count). The molecule has 9 heteroatoms. The normalized spacial score (nSPS) is 12.6. The number of nitrogens with zero attached hydrogens (tertiary/aromatic N) is 3. The van der Waals surface area contributed by atoms with E-state index >= 15 is 0 Å². The molecular weight excluding hydrogens is 380 g/mol. The molecule has 0 bridgehead atoms. The minimum Gasteiger partial charge on any atom is -0.481 e. The molecule has 0 spiro atoms. The maximum atomic E-state index is 14.6. The molecule has 3 heterocycles. The Morgan fingerprint density at radius 2 is 2.10 bits per heavy atom. The molecule has 0 aliphatic heterocycles. The first-order chi connectivity index (χ1) is 13.6. The van der Waals surface area contributed by atoms with Gasteiger partial charge in [-0.05, 0) is 17.5 Å². The van der Waals surface area contributed by atoms with E-state index in [2.05, 4.69) is 25.1 Å². The first kappa shape index (κ1) is 20.2. The number of hydrogen-bond acceptors (Lipinski definition) is 4. The number of H-pyrrole nitrogens is 1. The highest BCUT2D eigenvalue weighted by Crippen LogP contribution is 2.36. The lowest BCUT2D eigenvalue weighted by atomic mass is 9.84. The fourth-order valence-corrected chi connectivity index (χ4v) is 2.95. The van der Waals surface area contributed by atoms with Crippen molar-refractivity contribution in [1.82, 2.24) is 15.0 Å². The predicted molar refractivity (Wildman–Crippen MR) is 105 cm³/mol. The number of pyridine rings is 2. The number of carboxylic acid groups (broad SMARTS) is 1. The van der Waals surface area contributed by atoms with E-state index in [9.17, 15) is 18.7 Å². The van der Waals surface area contributed by atoms with E-state index in [4.69, 9.17) is 6.57 Å². The van der Waals surface area contributed by atoms with Crippen LogP contribution in [-0.4, -0.2) is 32.1 Å². The molecule has 0 saturated heterocycles. The van der Waals surface area contributed by atoms with Gasteiger partial charge in [-0.15, -0.1) is 0 Å². The Hall–Kier alpha value is -3.54. The van der Waals surface area contributed by atoms with Crippen LogP contribution < -0.4 is 5.32 Å². The topological polar surface area (TPSA) is 95.3 Å². The zero-order valence-electron chi connectivity index (χ0n) is 16.0. The van der Waals surface area contributed by atoms with Crippen molar-refractivity contribution in [3.8, 4) is 11.3 Å². The van der Waals surface area contributed by atoms with Gasteiger partial charge < -0.3 is 15.4 Å². The number of aromatic amines is 1. The van der Waals surface area contributed by atoms with Gasteiger partial charge in [-0.1, -0.05) is 20.8 Å². The molecule has 3 aromatic rings. The molecule has 0 unspecified atom stereocenters. The molecule has 0 radical (unpaired) electrons. The average Bonchev–Trinajstić information content (AvgIpc) is 3.04. The minimum absolute atomic E-state index is 0.0521. The largest absolute Gasteiger partial charge is 0.481 e. The second-order valence-corrected chi connectivity index (χ2v) is 7.71. The van der Waals surface area contributed by atoms with Crippen molar-refractivity contribution < 1.29 is 18.7 Å². The first-order valence-electron chi connectivity index (χ1n) is 8.79. The number of fused-ring (bicyclic) bond motifs is 1. The van der Waals surface area contributed by atoms with Crippen LogP contribution in [-0.2, 0) is 4.79 Å². The maximum absolute atomic E-state index is 14.6. The van der Waals surface area contributed by atoms with Crippen LogP contribution in [0.3, 0.4) is 0 Å². The highest BCUT2D eigenvalue weighted by Gasteiger charge is 2.29. The minimum atomic E-state index is -1.03. The van der Waals surface area contributed by atoms with E-state index in [0.717, 1.165) is 12.3 Å². The number of rotatable bonds is 5. The van der Waals surface area contributed by atoms with Gasteiger partial charge >= 0.3 is 5.97 Å². The van der Waals surface area contributed by atoms with Crippen molar-refractivity contribution in [2.24, 2.45) is 5.41 Å². The van der Waals surface area contributed by atoms with E-state index in [1.807, 2.05) is 20.8 Å². The Labute approximate surface area is 165 Å². The smallest absolute Gasteiger partial charge is 0.305 e. The average molecular weight is 399 g/mol. The second-order valence-electron chi connectivity index (χ2n) is 7.71. The van der Waals surface area contributed by atoms with Gasteiger partial charge in [0.2, 0.25) is 5.69 Å². The summed E-state index contributed by atoms with van der Waals surface area (Å²) in [5.74, 6) is -2.54. The third-order valence-electron chi connectivity index (χ3n) is 4.56. The number of aliphatic carboxylic acids is 1. The molecule has 1 atom stereocenters. The summed E-state index contributed by atoms with van der Waals surface area (Å²) < 4.78 is 28.3. The molecule has 0 aliphatic rings. The summed E-state index contributed by atoms with van der Waals surface area (Å²) >= 11 is 0. The number of aromatic nitrogens is 3. The third-order valence-corrected chi connectivity index (χ3v) is 4.56. The standard InChI is InChI=1S/C20H19F2N5O2/c1-20(2,3)15(7-16(28)29)26-19-13(22)6-14(23-4)17(27-19)12-9-25-18-11(12)5-10(21)8-24-18/h5-6,8-9,15H,7H2,1-3H3,(H,24,25)(H,26,27)(H,28,29)/t15-/m1/s1. The van der Waals surface area contributed by atoms with Crippen LogP contribution >= 0.6 is 0 Å². The Morgan fingerprint density at radius 3 is 2.72 bits per heavy atom. The molecule has 0 aromatic carbocycles. The SMILES string of the molecule is [C-]#[N+]c1cc(F)c(N[C@H](CC(=O)O)C(C)(C)C)nc1-c1c[nH]c2ncc(F)cc12. The predicted octanol–water partition coefficient (Wildman–Crippen LogP) is 4.76. The van der Waals surface area contributed by atoms with Crippen LogP contribution in [0.2, 0.25) is 0 Å². The van der Waals surface area contributed by atoms with Gasteiger partial charge in [0.15, 0.2) is 11.6 Å².